The number of hydrogen-bond donors (Lipinski definition) is 2. The molecule has 1 aromatic heterocycles. The van der Waals surface area contributed by atoms with Crippen molar-refractivity contribution in [2.45, 2.75) is 49.6 Å². The van der Waals surface area contributed by atoms with Crippen molar-refractivity contribution in [3.63, 3.8) is 0 Å². The summed E-state index contributed by atoms with van der Waals surface area (Å²) in [7, 11) is -3.63. The molecule has 0 aliphatic carbocycles. The van der Waals surface area contributed by atoms with Crippen LogP contribution in [-0.2, 0) is 31.5 Å². The van der Waals surface area contributed by atoms with E-state index in [1.165, 1.54) is 11.3 Å². The van der Waals surface area contributed by atoms with Crippen molar-refractivity contribution in [2.24, 2.45) is 0 Å². The summed E-state index contributed by atoms with van der Waals surface area (Å²) in [6.07, 6.45) is 3.86. The largest absolute Gasteiger partial charge is 0.381 e. The summed E-state index contributed by atoms with van der Waals surface area (Å²) >= 11 is 1.22. The van der Waals surface area contributed by atoms with E-state index in [9.17, 15) is 18.0 Å². The second kappa shape index (κ2) is 13.7. The second-order valence-corrected chi connectivity index (χ2v) is 12.4. The van der Waals surface area contributed by atoms with Gasteiger partial charge in [-0.25, -0.2) is 13.4 Å². The maximum Gasteiger partial charge on any atom is 0.238 e. The lowest BCUT2D eigenvalue weighted by Crippen LogP contribution is -2.56. The van der Waals surface area contributed by atoms with Crippen LogP contribution in [0.15, 0.2) is 72.2 Å². The van der Waals surface area contributed by atoms with Crippen molar-refractivity contribution < 1.29 is 22.7 Å². The summed E-state index contributed by atoms with van der Waals surface area (Å²) in [5.74, 6) is -1.32. The number of nitrogens with zero attached hydrogens (tertiary/aromatic N) is 1. The summed E-state index contributed by atoms with van der Waals surface area (Å²) in [6, 6.07) is 16.7. The molecule has 4 rings (SSSR count). The number of nitrogens with one attached hydrogen (secondary N) is 2. The number of aryl methyl sites for hydroxylation is 1. The van der Waals surface area contributed by atoms with E-state index < -0.39 is 27.8 Å². The first-order chi connectivity index (χ1) is 18.4. The minimum atomic E-state index is -3.63. The number of sulfone groups is 1. The van der Waals surface area contributed by atoms with Gasteiger partial charge in [-0.2, -0.15) is 0 Å². The normalized spacial score (nSPS) is 16.0. The fourth-order valence-electron chi connectivity index (χ4n) is 4.48. The zero-order valence-electron chi connectivity index (χ0n) is 21.1. The van der Waals surface area contributed by atoms with Gasteiger partial charge in [0.05, 0.1) is 17.5 Å². The molecule has 0 radical (unpaired) electrons. The number of rotatable bonds is 13. The van der Waals surface area contributed by atoms with Crippen LogP contribution >= 0.6 is 11.3 Å². The van der Waals surface area contributed by atoms with Gasteiger partial charge in [-0.05, 0) is 36.8 Å². The van der Waals surface area contributed by atoms with Crippen LogP contribution in [0.4, 0.5) is 0 Å². The first-order valence-electron chi connectivity index (χ1n) is 12.8. The van der Waals surface area contributed by atoms with Crippen LogP contribution in [0, 0.1) is 0 Å². The van der Waals surface area contributed by atoms with E-state index in [4.69, 9.17) is 4.74 Å². The highest BCUT2D eigenvalue weighted by molar-refractivity contribution is 7.90. The van der Waals surface area contributed by atoms with Gasteiger partial charge in [0.25, 0.3) is 0 Å². The summed E-state index contributed by atoms with van der Waals surface area (Å²) in [6.45, 7) is 1.09. The van der Waals surface area contributed by atoms with Gasteiger partial charge in [-0.1, -0.05) is 60.7 Å². The minimum absolute atomic E-state index is 0.0520. The molecule has 1 fully saturated rings. The number of ketones is 1. The van der Waals surface area contributed by atoms with Gasteiger partial charge in [0.1, 0.15) is 6.04 Å². The van der Waals surface area contributed by atoms with Crippen molar-refractivity contribution in [1.29, 1.82) is 0 Å². The number of carbonyl (C=O) groups is 2. The predicted molar refractivity (Wildman–Crippen MR) is 148 cm³/mol. The van der Waals surface area contributed by atoms with Gasteiger partial charge in [-0.15, -0.1) is 11.3 Å². The molecule has 2 heterocycles. The third kappa shape index (κ3) is 8.56. The number of aromatic nitrogens is 1. The molecule has 0 spiro atoms. The Bertz CT molecular complexity index is 1260. The molecule has 2 aromatic carbocycles. The summed E-state index contributed by atoms with van der Waals surface area (Å²) in [5, 5.41) is 8.16. The molecule has 8 nitrogen and oxygen atoms in total. The van der Waals surface area contributed by atoms with Gasteiger partial charge >= 0.3 is 0 Å². The highest BCUT2D eigenvalue weighted by Crippen LogP contribution is 2.15. The molecular weight excluding hydrogens is 522 g/mol. The number of ether oxygens (including phenoxy) is 1. The second-order valence-electron chi connectivity index (χ2n) is 9.43. The van der Waals surface area contributed by atoms with E-state index in [-0.39, 0.29) is 23.3 Å². The van der Waals surface area contributed by atoms with Crippen LogP contribution in [0.5, 0.6) is 0 Å². The maximum absolute atomic E-state index is 13.6. The molecule has 10 heteroatoms. The average molecular weight is 556 g/mol. The standard InChI is InChI=1S/C28H33N3O5S2/c32-26(28-29-15-18-37-28)24(12-11-21-7-3-1-4-8-21)31-27(33)25(30-23-13-16-36-17-14-23)20-38(34,35)19-22-9-5-2-6-10-22/h1-10,15,18,23-25,30H,11-14,16-17,19-20H2,(H,31,33)/t24-,25?/m0/s1. The van der Waals surface area contributed by atoms with Crippen molar-refractivity contribution in [2.75, 3.05) is 19.0 Å². The molecule has 1 unspecified atom stereocenters. The number of benzene rings is 2. The van der Waals surface area contributed by atoms with Crippen LogP contribution in [0.3, 0.4) is 0 Å². The molecule has 0 saturated carbocycles. The molecule has 2 atom stereocenters. The van der Waals surface area contributed by atoms with Crippen molar-refractivity contribution >= 4 is 32.9 Å². The third-order valence-corrected chi connectivity index (χ3v) is 8.87. The van der Waals surface area contributed by atoms with Gasteiger partial charge in [-0.3, -0.25) is 9.59 Å². The minimum Gasteiger partial charge on any atom is -0.381 e. The van der Waals surface area contributed by atoms with Crippen LogP contribution in [-0.4, -0.2) is 62.2 Å². The van der Waals surface area contributed by atoms with Crippen LogP contribution < -0.4 is 10.6 Å². The zero-order chi connectivity index (χ0) is 26.8. The summed E-state index contributed by atoms with van der Waals surface area (Å²) < 4.78 is 31.7. The Morgan fingerprint density at radius 1 is 0.974 bits per heavy atom. The Labute approximate surface area is 227 Å². The average Bonchev–Trinajstić information content (AvgIpc) is 3.47. The Morgan fingerprint density at radius 2 is 1.63 bits per heavy atom. The van der Waals surface area contributed by atoms with E-state index in [1.54, 1.807) is 35.8 Å². The molecule has 1 amide bonds. The maximum atomic E-state index is 13.6. The molecule has 3 aromatic rings. The van der Waals surface area contributed by atoms with Crippen LogP contribution in [0.1, 0.15) is 40.2 Å². The van der Waals surface area contributed by atoms with Gasteiger partial charge < -0.3 is 15.4 Å². The first-order valence-corrected chi connectivity index (χ1v) is 15.5. The predicted octanol–water partition coefficient (Wildman–Crippen LogP) is 3.20. The Morgan fingerprint density at radius 3 is 2.26 bits per heavy atom. The molecule has 1 aliphatic rings. The lowest BCUT2D eigenvalue weighted by molar-refractivity contribution is -0.123. The van der Waals surface area contributed by atoms with Crippen molar-refractivity contribution in [3.8, 4) is 0 Å². The molecule has 2 N–H and O–H groups in total. The van der Waals surface area contributed by atoms with Crippen molar-refractivity contribution in [3.05, 3.63) is 88.4 Å². The Kier molecular flexibility index (Phi) is 10.2. The highest BCUT2D eigenvalue weighted by atomic mass is 32.2. The molecule has 0 bridgehead atoms. The number of hydrogen-bond acceptors (Lipinski definition) is 8. The number of thiazole rings is 1. The van der Waals surface area contributed by atoms with E-state index in [2.05, 4.69) is 15.6 Å². The number of Topliss-reactive ketones (excluding diaryl/α,β-unsaturated/α-hetero) is 1. The lowest BCUT2D eigenvalue weighted by atomic mass is 10.0. The lowest BCUT2D eigenvalue weighted by Gasteiger charge is -2.29. The summed E-state index contributed by atoms with van der Waals surface area (Å²) in [4.78, 5) is 31.0. The van der Waals surface area contributed by atoms with Gasteiger partial charge in [0, 0.05) is 30.8 Å². The fourth-order valence-corrected chi connectivity index (χ4v) is 6.68. The fraction of sp³-hybridized carbons (Fsp3) is 0.393. The molecule has 1 aliphatic heterocycles. The van der Waals surface area contributed by atoms with E-state index in [0.717, 1.165) is 5.56 Å². The molecule has 1 saturated heterocycles. The summed E-state index contributed by atoms with van der Waals surface area (Å²) in [5.41, 5.74) is 1.71. The van der Waals surface area contributed by atoms with Crippen molar-refractivity contribution in [1.82, 2.24) is 15.6 Å². The third-order valence-electron chi connectivity index (χ3n) is 6.47. The Hall–Kier alpha value is -2.92. The molecule has 202 valence electrons. The van der Waals surface area contributed by atoms with Crippen LogP contribution in [0.25, 0.3) is 0 Å². The topological polar surface area (TPSA) is 114 Å². The quantitative estimate of drug-likeness (QED) is 0.311. The smallest absolute Gasteiger partial charge is 0.238 e. The van der Waals surface area contributed by atoms with Crippen LogP contribution in [0.2, 0.25) is 0 Å². The van der Waals surface area contributed by atoms with Gasteiger partial charge in [0.15, 0.2) is 14.8 Å². The molecular formula is C28H33N3O5S2. The monoisotopic (exact) mass is 555 g/mol. The van der Waals surface area contributed by atoms with E-state index in [1.807, 2.05) is 36.4 Å². The number of carbonyl (C=O) groups excluding carboxylic acids is 2. The van der Waals surface area contributed by atoms with E-state index >= 15 is 0 Å². The van der Waals surface area contributed by atoms with Gasteiger partial charge in [0.2, 0.25) is 11.7 Å². The first kappa shape index (κ1) is 28.1. The SMILES string of the molecule is O=C(N[C@@H](CCc1ccccc1)C(=O)c1nccs1)C(CS(=O)(=O)Cc1ccccc1)NC1CCOCC1. The van der Waals surface area contributed by atoms with E-state index in [0.29, 0.717) is 49.5 Å². The highest BCUT2D eigenvalue weighted by Gasteiger charge is 2.32. The number of amides is 1. The molecule has 38 heavy (non-hydrogen) atoms. The zero-order valence-corrected chi connectivity index (χ0v) is 22.8. The Balaban J connectivity index is 1.51.